The minimum atomic E-state index is -0.768. The van der Waals surface area contributed by atoms with Crippen LogP contribution in [0.25, 0.3) is 0 Å². The van der Waals surface area contributed by atoms with E-state index in [-0.39, 0.29) is 18.4 Å². The van der Waals surface area contributed by atoms with E-state index >= 15 is 0 Å². The largest absolute Gasteiger partial charge is 0.481 e. The molecule has 78 valence electrons. The standard InChI is InChI=1S/C11H16O3/c12-10-7-4-6-9(10)5-2-1-3-8-11(13)14/h1-2,4,6,9-10,12H,3,5,7-8H2,(H,13,14). The van der Waals surface area contributed by atoms with Crippen LogP contribution in [0.3, 0.4) is 0 Å². The summed E-state index contributed by atoms with van der Waals surface area (Å²) in [5, 5.41) is 17.8. The first-order chi connectivity index (χ1) is 6.70. The highest BCUT2D eigenvalue weighted by molar-refractivity contribution is 5.66. The zero-order valence-corrected chi connectivity index (χ0v) is 8.10. The number of allylic oxidation sites excluding steroid dienone is 2. The molecule has 2 atom stereocenters. The van der Waals surface area contributed by atoms with Gasteiger partial charge in [0.2, 0.25) is 0 Å². The van der Waals surface area contributed by atoms with Crippen LogP contribution in [0, 0.1) is 5.92 Å². The van der Waals surface area contributed by atoms with Crippen molar-refractivity contribution in [3.63, 3.8) is 0 Å². The molecule has 0 aromatic rings. The van der Waals surface area contributed by atoms with Crippen LogP contribution in [-0.2, 0) is 4.79 Å². The van der Waals surface area contributed by atoms with E-state index in [0.29, 0.717) is 6.42 Å². The van der Waals surface area contributed by atoms with Gasteiger partial charge in [0, 0.05) is 12.3 Å². The molecule has 0 spiro atoms. The molecule has 3 heteroatoms. The Bertz CT molecular complexity index is 243. The highest BCUT2D eigenvalue weighted by atomic mass is 16.4. The van der Waals surface area contributed by atoms with Crippen LogP contribution < -0.4 is 0 Å². The Morgan fingerprint density at radius 3 is 2.86 bits per heavy atom. The van der Waals surface area contributed by atoms with Crippen LogP contribution in [0.4, 0.5) is 0 Å². The number of aliphatic carboxylic acids is 1. The fourth-order valence-electron chi connectivity index (χ4n) is 1.51. The summed E-state index contributed by atoms with van der Waals surface area (Å²) in [5.74, 6) is -0.550. The van der Waals surface area contributed by atoms with Gasteiger partial charge in [0.1, 0.15) is 0 Å². The lowest BCUT2D eigenvalue weighted by Crippen LogP contribution is -2.12. The van der Waals surface area contributed by atoms with E-state index in [4.69, 9.17) is 5.11 Å². The van der Waals surface area contributed by atoms with Crippen molar-refractivity contribution in [3.8, 4) is 0 Å². The maximum Gasteiger partial charge on any atom is 0.303 e. The maximum atomic E-state index is 10.2. The average molecular weight is 196 g/mol. The molecule has 0 amide bonds. The summed E-state index contributed by atoms with van der Waals surface area (Å²) in [5.41, 5.74) is 0. The van der Waals surface area contributed by atoms with Crippen molar-refractivity contribution in [3.05, 3.63) is 24.3 Å². The van der Waals surface area contributed by atoms with Crippen LogP contribution >= 0.6 is 0 Å². The molecule has 0 heterocycles. The Hall–Kier alpha value is -1.09. The van der Waals surface area contributed by atoms with Gasteiger partial charge < -0.3 is 10.2 Å². The number of hydrogen-bond donors (Lipinski definition) is 2. The lowest BCUT2D eigenvalue weighted by atomic mass is 10.0. The molecule has 3 nitrogen and oxygen atoms in total. The highest BCUT2D eigenvalue weighted by Gasteiger charge is 2.17. The molecule has 2 N–H and O–H groups in total. The smallest absolute Gasteiger partial charge is 0.303 e. The summed E-state index contributed by atoms with van der Waals surface area (Å²) in [7, 11) is 0. The van der Waals surface area contributed by atoms with E-state index in [1.54, 1.807) is 0 Å². The van der Waals surface area contributed by atoms with Crippen molar-refractivity contribution in [1.29, 1.82) is 0 Å². The lowest BCUT2D eigenvalue weighted by molar-refractivity contribution is -0.136. The summed E-state index contributed by atoms with van der Waals surface area (Å²) < 4.78 is 0. The van der Waals surface area contributed by atoms with Gasteiger partial charge >= 0.3 is 5.97 Å². The first kappa shape index (κ1) is 11.0. The fraction of sp³-hybridized carbons (Fsp3) is 0.545. The van der Waals surface area contributed by atoms with E-state index in [1.807, 2.05) is 24.3 Å². The number of aliphatic hydroxyl groups is 1. The molecule has 14 heavy (non-hydrogen) atoms. The molecular weight excluding hydrogens is 180 g/mol. The van der Waals surface area contributed by atoms with Crippen LogP contribution in [0.5, 0.6) is 0 Å². The summed E-state index contributed by atoms with van der Waals surface area (Å²) in [4.78, 5) is 10.2. The minimum Gasteiger partial charge on any atom is -0.481 e. The predicted molar refractivity (Wildman–Crippen MR) is 53.9 cm³/mol. The first-order valence-electron chi connectivity index (χ1n) is 4.91. The Morgan fingerprint density at radius 2 is 2.29 bits per heavy atom. The lowest BCUT2D eigenvalue weighted by Gasteiger charge is -2.10. The quantitative estimate of drug-likeness (QED) is 0.658. The molecular formula is C11H16O3. The summed E-state index contributed by atoms with van der Waals surface area (Å²) in [6.45, 7) is 0. The van der Waals surface area contributed by atoms with Crippen LogP contribution in [-0.4, -0.2) is 22.3 Å². The second kappa shape index (κ2) is 5.60. The Morgan fingerprint density at radius 1 is 1.50 bits per heavy atom. The molecule has 0 aliphatic heterocycles. The second-order valence-corrected chi connectivity index (χ2v) is 3.53. The summed E-state index contributed by atoms with van der Waals surface area (Å²) in [6, 6.07) is 0. The van der Waals surface area contributed by atoms with Gasteiger partial charge in [0.05, 0.1) is 6.10 Å². The number of aliphatic hydroxyl groups excluding tert-OH is 1. The Balaban J connectivity index is 2.13. The fourth-order valence-corrected chi connectivity index (χ4v) is 1.51. The van der Waals surface area contributed by atoms with Gasteiger partial charge in [-0.3, -0.25) is 4.79 Å². The third-order valence-corrected chi connectivity index (χ3v) is 2.35. The van der Waals surface area contributed by atoms with Crippen molar-refractivity contribution >= 4 is 5.97 Å². The van der Waals surface area contributed by atoms with Gasteiger partial charge in [-0.2, -0.15) is 0 Å². The normalized spacial score (nSPS) is 26.1. The molecule has 1 aliphatic rings. The van der Waals surface area contributed by atoms with E-state index in [1.165, 1.54) is 0 Å². The molecule has 0 saturated carbocycles. The predicted octanol–water partition coefficient (Wildman–Crippen LogP) is 1.73. The zero-order chi connectivity index (χ0) is 10.4. The van der Waals surface area contributed by atoms with Crippen LogP contribution in [0.15, 0.2) is 24.3 Å². The summed E-state index contributed by atoms with van der Waals surface area (Å²) in [6.07, 6.45) is 9.87. The SMILES string of the molecule is O=C(O)CCC=CCC1C=CCC1O. The third-order valence-electron chi connectivity index (χ3n) is 2.35. The number of hydrogen-bond acceptors (Lipinski definition) is 2. The van der Waals surface area contributed by atoms with Crippen molar-refractivity contribution in [2.75, 3.05) is 0 Å². The third kappa shape index (κ3) is 3.75. The molecule has 0 radical (unpaired) electrons. The van der Waals surface area contributed by atoms with Gasteiger partial charge in [-0.05, 0) is 19.3 Å². The van der Waals surface area contributed by atoms with Gasteiger partial charge in [-0.1, -0.05) is 24.3 Å². The first-order valence-corrected chi connectivity index (χ1v) is 4.91. The second-order valence-electron chi connectivity index (χ2n) is 3.53. The average Bonchev–Trinajstić information content (AvgIpc) is 2.51. The van der Waals surface area contributed by atoms with Crippen molar-refractivity contribution in [2.45, 2.75) is 31.8 Å². The van der Waals surface area contributed by atoms with Crippen LogP contribution in [0.2, 0.25) is 0 Å². The molecule has 0 aromatic heterocycles. The van der Waals surface area contributed by atoms with Crippen molar-refractivity contribution in [2.24, 2.45) is 5.92 Å². The van der Waals surface area contributed by atoms with E-state index < -0.39 is 5.97 Å². The van der Waals surface area contributed by atoms with Gasteiger partial charge in [0.15, 0.2) is 0 Å². The van der Waals surface area contributed by atoms with E-state index in [2.05, 4.69) is 0 Å². The highest BCUT2D eigenvalue weighted by Crippen LogP contribution is 2.21. The van der Waals surface area contributed by atoms with Crippen LogP contribution in [0.1, 0.15) is 25.7 Å². The maximum absolute atomic E-state index is 10.2. The monoisotopic (exact) mass is 196 g/mol. The Kier molecular flexibility index (Phi) is 4.40. The zero-order valence-electron chi connectivity index (χ0n) is 8.10. The Labute approximate surface area is 83.8 Å². The van der Waals surface area contributed by atoms with E-state index in [9.17, 15) is 9.90 Å². The number of carboxylic acid groups (broad SMARTS) is 1. The molecule has 0 bridgehead atoms. The van der Waals surface area contributed by atoms with Gasteiger partial charge in [0.25, 0.3) is 0 Å². The van der Waals surface area contributed by atoms with Gasteiger partial charge in [-0.25, -0.2) is 0 Å². The molecule has 1 aliphatic carbocycles. The number of carbonyl (C=O) groups is 1. The number of carboxylic acids is 1. The number of rotatable bonds is 5. The molecule has 0 saturated heterocycles. The topological polar surface area (TPSA) is 57.5 Å². The van der Waals surface area contributed by atoms with E-state index in [0.717, 1.165) is 12.8 Å². The summed E-state index contributed by atoms with van der Waals surface area (Å²) >= 11 is 0. The molecule has 0 fully saturated rings. The van der Waals surface area contributed by atoms with Crippen molar-refractivity contribution < 1.29 is 15.0 Å². The molecule has 0 aromatic carbocycles. The molecule has 1 rings (SSSR count). The minimum absolute atomic E-state index is 0.180. The van der Waals surface area contributed by atoms with Crippen molar-refractivity contribution in [1.82, 2.24) is 0 Å². The van der Waals surface area contributed by atoms with Gasteiger partial charge in [-0.15, -0.1) is 0 Å². The molecule has 2 unspecified atom stereocenters.